The van der Waals surface area contributed by atoms with E-state index >= 15 is 0 Å². The van der Waals surface area contributed by atoms with E-state index in [4.69, 9.17) is 0 Å². The van der Waals surface area contributed by atoms with Crippen LogP contribution in [0, 0.1) is 11.8 Å². The maximum absolute atomic E-state index is 10.9. The quantitative estimate of drug-likeness (QED) is 0.485. The number of hydrogen-bond donors (Lipinski definition) is 0. The first-order chi connectivity index (χ1) is 4.54. The first kappa shape index (κ1) is 6.34. The van der Waals surface area contributed by atoms with Crippen LogP contribution in [0.5, 0.6) is 0 Å². The molecule has 1 heterocycles. The van der Waals surface area contributed by atoms with Crippen molar-refractivity contribution < 1.29 is 13.2 Å². The zero-order valence-corrected chi connectivity index (χ0v) is 6.39. The van der Waals surface area contributed by atoms with Crippen LogP contribution in [0.25, 0.3) is 0 Å². The summed E-state index contributed by atoms with van der Waals surface area (Å²) in [7, 11) is -2.95. The number of Topliss-reactive ketones (excluding diaryl/α,β-unsaturated/α-hetero) is 1. The summed E-state index contributed by atoms with van der Waals surface area (Å²) in [6, 6.07) is 0. The summed E-state index contributed by atoms with van der Waals surface area (Å²) >= 11 is 0. The van der Waals surface area contributed by atoms with E-state index in [9.17, 15) is 13.2 Å². The van der Waals surface area contributed by atoms with E-state index in [0.29, 0.717) is 0 Å². The molecule has 1 saturated carbocycles. The molecule has 0 bridgehead atoms. The van der Waals surface area contributed by atoms with Gasteiger partial charge >= 0.3 is 0 Å². The molecule has 2 fully saturated rings. The van der Waals surface area contributed by atoms with Gasteiger partial charge in [-0.1, -0.05) is 6.92 Å². The van der Waals surface area contributed by atoms with E-state index in [0.717, 1.165) is 0 Å². The second kappa shape index (κ2) is 1.44. The van der Waals surface area contributed by atoms with Gasteiger partial charge in [-0.25, -0.2) is 8.42 Å². The molecule has 0 unspecified atom stereocenters. The standard InChI is InChI=1S/C6H8O3S/c1-3-4-2-10(8,9)6(4)5(3)7/h3-4,6H,2H2,1H3/t3-,4-,6+/m0/s1. The van der Waals surface area contributed by atoms with Gasteiger partial charge in [0.1, 0.15) is 5.25 Å². The van der Waals surface area contributed by atoms with Gasteiger partial charge in [0.15, 0.2) is 15.6 Å². The molecule has 0 N–H and O–H groups in total. The molecule has 3 nitrogen and oxygen atoms in total. The molecule has 1 saturated heterocycles. The maximum Gasteiger partial charge on any atom is 0.160 e. The molecule has 0 spiro atoms. The molecule has 0 aromatic rings. The predicted octanol–water partition coefficient (Wildman–Crippen LogP) is -0.382. The smallest absolute Gasteiger partial charge is 0.160 e. The molecular formula is C6H8O3S. The molecule has 4 heteroatoms. The SMILES string of the molecule is C[C@@H]1C(=O)[C@H]2[C@H]1CS2(=O)=O. The summed E-state index contributed by atoms with van der Waals surface area (Å²) in [5, 5.41) is -0.595. The lowest BCUT2D eigenvalue weighted by Crippen LogP contribution is -2.66. The van der Waals surface area contributed by atoms with E-state index in [1.54, 1.807) is 6.92 Å². The highest BCUT2D eigenvalue weighted by atomic mass is 32.2. The second-order valence-electron chi connectivity index (χ2n) is 3.11. The largest absolute Gasteiger partial charge is 0.298 e. The first-order valence-electron chi connectivity index (χ1n) is 3.29. The van der Waals surface area contributed by atoms with Crippen LogP contribution in [-0.2, 0) is 14.6 Å². The van der Waals surface area contributed by atoms with Crippen molar-refractivity contribution in [1.82, 2.24) is 0 Å². The van der Waals surface area contributed by atoms with Crippen LogP contribution >= 0.6 is 0 Å². The zero-order chi connectivity index (χ0) is 7.52. The number of carbonyl (C=O) groups excluding carboxylic acids is 1. The van der Waals surface area contributed by atoms with E-state index in [1.807, 2.05) is 0 Å². The van der Waals surface area contributed by atoms with Crippen molar-refractivity contribution >= 4 is 15.6 Å². The highest BCUT2D eigenvalue weighted by molar-refractivity contribution is 7.94. The van der Waals surface area contributed by atoms with Crippen molar-refractivity contribution in [2.75, 3.05) is 5.75 Å². The van der Waals surface area contributed by atoms with Crippen LogP contribution in [0.4, 0.5) is 0 Å². The van der Waals surface area contributed by atoms with Gasteiger partial charge < -0.3 is 0 Å². The van der Waals surface area contributed by atoms with Crippen LogP contribution < -0.4 is 0 Å². The van der Waals surface area contributed by atoms with Gasteiger partial charge in [-0.3, -0.25) is 4.79 Å². The van der Waals surface area contributed by atoms with Gasteiger partial charge in [0.05, 0.1) is 5.75 Å². The number of ketones is 1. The third-order valence-electron chi connectivity index (χ3n) is 2.57. The molecule has 0 aromatic heterocycles. The van der Waals surface area contributed by atoms with Gasteiger partial charge in [-0.15, -0.1) is 0 Å². The van der Waals surface area contributed by atoms with Gasteiger partial charge in [0.2, 0.25) is 0 Å². The summed E-state index contributed by atoms with van der Waals surface area (Å²) in [4.78, 5) is 10.9. The van der Waals surface area contributed by atoms with Crippen molar-refractivity contribution in [2.24, 2.45) is 11.8 Å². The van der Waals surface area contributed by atoms with Gasteiger partial charge in [0, 0.05) is 11.8 Å². The van der Waals surface area contributed by atoms with E-state index in [-0.39, 0.29) is 23.4 Å². The van der Waals surface area contributed by atoms with Crippen molar-refractivity contribution in [1.29, 1.82) is 0 Å². The highest BCUT2D eigenvalue weighted by Crippen LogP contribution is 2.45. The van der Waals surface area contributed by atoms with E-state index < -0.39 is 15.1 Å². The van der Waals surface area contributed by atoms with Crippen molar-refractivity contribution in [3.8, 4) is 0 Å². The van der Waals surface area contributed by atoms with Crippen molar-refractivity contribution in [2.45, 2.75) is 12.2 Å². The zero-order valence-electron chi connectivity index (χ0n) is 5.57. The molecule has 1 aliphatic carbocycles. The summed E-state index contributed by atoms with van der Waals surface area (Å²) < 4.78 is 21.6. The predicted molar refractivity (Wildman–Crippen MR) is 35.2 cm³/mol. The summed E-state index contributed by atoms with van der Waals surface area (Å²) in [6.07, 6.45) is 0. The summed E-state index contributed by atoms with van der Waals surface area (Å²) in [5.74, 6) is 0.340. The number of hydrogen-bond acceptors (Lipinski definition) is 3. The molecule has 3 atom stereocenters. The van der Waals surface area contributed by atoms with Crippen LogP contribution in [0.2, 0.25) is 0 Å². The molecule has 2 aliphatic rings. The fraction of sp³-hybridized carbons (Fsp3) is 0.833. The van der Waals surface area contributed by atoms with Crippen molar-refractivity contribution in [3.63, 3.8) is 0 Å². The number of rotatable bonds is 0. The molecule has 56 valence electrons. The second-order valence-corrected chi connectivity index (χ2v) is 5.27. The first-order valence-corrected chi connectivity index (χ1v) is 5.01. The summed E-state index contributed by atoms with van der Waals surface area (Å²) in [5.41, 5.74) is 0. The molecule has 0 radical (unpaired) electrons. The average Bonchev–Trinajstić information content (AvgIpc) is 1.83. The van der Waals surface area contributed by atoms with Crippen LogP contribution in [0.3, 0.4) is 0 Å². The molecule has 1 aliphatic heterocycles. The minimum Gasteiger partial charge on any atom is -0.298 e. The molecule has 10 heavy (non-hydrogen) atoms. The lowest BCUT2D eigenvalue weighted by Gasteiger charge is -2.48. The van der Waals surface area contributed by atoms with Crippen LogP contribution in [-0.4, -0.2) is 25.2 Å². The Morgan fingerprint density at radius 3 is 2.40 bits per heavy atom. The third-order valence-corrected chi connectivity index (χ3v) is 4.78. The average molecular weight is 160 g/mol. The fourth-order valence-corrected chi connectivity index (χ4v) is 4.05. The number of sulfone groups is 1. The Kier molecular flexibility index (Phi) is 0.915. The Hall–Kier alpha value is -0.380. The lowest BCUT2D eigenvalue weighted by molar-refractivity contribution is -0.132. The minimum atomic E-state index is -2.95. The maximum atomic E-state index is 10.9. The van der Waals surface area contributed by atoms with Crippen LogP contribution in [0.15, 0.2) is 0 Å². The monoisotopic (exact) mass is 160 g/mol. The highest BCUT2D eigenvalue weighted by Gasteiger charge is 2.62. The molecule has 2 rings (SSSR count). The van der Waals surface area contributed by atoms with Gasteiger partial charge in [0.25, 0.3) is 0 Å². The Balaban J connectivity index is 2.31. The van der Waals surface area contributed by atoms with E-state index in [2.05, 4.69) is 0 Å². The molecule has 0 amide bonds. The van der Waals surface area contributed by atoms with E-state index in [1.165, 1.54) is 0 Å². The normalized spacial score (nSPS) is 48.9. The van der Waals surface area contributed by atoms with Crippen molar-refractivity contribution in [3.05, 3.63) is 0 Å². The minimum absolute atomic E-state index is 0.00789. The Labute approximate surface area is 59.3 Å². The topological polar surface area (TPSA) is 51.2 Å². The third kappa shape index (κ3) is 0.471. The van der Waals surface area contributed by atoms with Crippen LogP contribution in [0.1, 0.15) is 6.92 Å². The Bertz CT molecular complexity index is 290. The fourth-order valence-electron chi connectivity index (χ4n) is 1.75. The summed E-state index contributed by atoms with van der Waals surface area (Å²) in [6.45, 7) is 1.80. The lowest BCUT2D eigenvalue weighted by atomic mass is 9.73. The van der Waals surface area contributed by atoms with Gasteiger partial charge in [-0.05, 0) is 0 Å². The van der Waals surface area contributed by atoms with Gasteiger partial charge in [-0.2, -0.15) is 0 Å². The molecule has 0 aromatic carbocycles. The number of carbonyl (C=O) groups is 1. The number of fused-ring (bicyclic) bond motifs is 1. The molecular weight excluding hydrogens is 152 g/mol. The Morgan fingerprint density at radius 1 is 1.50 bits per heavy atom. The Morgan fingerprint density at radius 2 is 2.10 bits per heavy atom.